The summed E-state index contributed by atoms with van der Waals surface area (Å²) < 4.78 is 25.1. The van der Waals surface area contributed by atoms with Crippen LogP contribution in [0.2, 0.25) is 0 Å². The van der Waals surface area contributed by atoms with E-state index in [0.29, 0.717) is 19.0 Å². The molecule has 1 fully saturated rings. The molecule has 1 aromatic heterocycles. The molecule has 168 valence electrons. The van der Waals surface area contributed by atoms with Crippen molar-refractivity contribution in [2.75, 3.05) is 13.1 Å². The molecular formula is C23H29FN2O5. The van der Waals surface area contributed by atoms with Crippen LogP contribution in [0.15, 0.2) is 36.4 Å². The van der Waals surface area contributed by atoms with Gasteiger partial charge in [-0.15, -0.1) is 0 Å². The monoisotopic (exact) mass is 432 g/mol. The Bertz CT molecular complexity index is 905. The molecule has 8 heteroatoms. The molecule has 0 saturated carbocycles. The molecule has 1 saturated heterocycles. The van der Waals surface area contributed by atoms with Crippen LogP contribution in [-0.2, 0) is 11.3 Å². The van der Waals surface area contributed by atoms with E-state index in [1.165, 1.54) is 18.2 Å². The highest BCUT2D eigenvalue weighted by Gasteiger charge is 2.28. The molecule has 31 heavy (non-hydrogen) atoms. The summed E-state index contributed by atoms with van der Waals surface area (Å²) in [5.74, 6) is 0.0586. The Morgan fingerprint density at radius 2 is 1.94 bits per heavy atom. The normalized spacial score (nSPS) is 15.3. The Morgan fingerprint density at radius 3 is 2.58 bits per heavy atom. The molecule has 2 aromatic rings. The van der Waals surface area contributed by atoms with Crippen molar-refractivity contribution in [3.63, 3.8) is 0 Å². The Kier molecular flexibility index (Phi) is 7.12. The van der Waals surface area contributed by atoms with Gasteiger partial charge in [0.05, 0.1) is 0 Å². The molecule has 2 heterocycles. The molecule has 1 aromatic carbocycles. The highest BCUT2D eigenvalue weighted by Crippen LogP contribution is 2.29. The Morgan fingerprint density at radius 1 is 1.23 bits per heavy atom. The van der Waals surface area contributed by atoms with Gasteiger partial charge in [0, 0.05) is 41.9 Å². The molecule has 3 rings (SSSR count). The van der Waals surface area contributed by atoms with Crippen molar-refractivity contribution in [2.24, 2.45) is 0 Å². The fourth-order valence-electron chi connectivity index (χ4n) is 3.44. The van der Waals surface area contributed by atoms with Gasteiger partial charge in [-0.3, -0.25) is 0 Å². The molecule has 0 atom stereocenters. The summed E-state index contributed by atoms with van der Waals surface area (Å²) in [7, 11) is 0. The van der Waals surface area contributed by atoms with Crippen molar-refractivity contribution in [2.45, 2.75) is 58.0 Å². The van der Waals surface area contributed by atoms with Gasteiger partial charge >= 0.3 is 6.09 Å². The van der Waals surface area contributed by atoms with E-state index in [1.54, 1.807) is 11.0 Å². The van der Waals surface area contributed by atoms with E-state index in [4.69, 9.17) is 9.47 Å². The number of hydrogen-bond donors (Lipinski definition) is 2. The van der Waals surface area contributed by atoms with Gasteiger partial charge < -0.3 is 24.6 Å². The van der Waals surface area contributed by atoms with Gasteiger partial charge in [0.1, 0.15) is 18.0 Å². The van der Waals surface area contributed by atoms with E-state index in [9.17, 15) is 19.4 Å². The number of aliphatic hydroxyl groups excluding tert-OH is 1. The number of hydrogen-bond acceptors (Lipinski definition) is 6. The first kappa shape index (κ1) is 23.0. The van der Waals surface area contributed by atoms with Gasteiger partial charge in [0.15, 0.2) is 6.29 Å². The molecule has 1 aliphatic heterocycles. The van der Waals surface area contributed by atoms with Gasteiger partial charge in [-0.1, -0.05) is 12.1 Å². The van der Waals surface area contributed by atoms with Crippen LogP contribution in [0.4, 0.5) is 9.18 Å². The van der Waals surface area contributed by atoms with E-state index in [0.717, 1.165) is 18.5 Å². The second-order valence-corrected chi connectivity index (χ2v) is 8.66. The summed E-state index contributed by atoms with van der Waals surface area (Å²) in [5.41, 5.74) is 0.748. The number of aromatic nitrogens is 1. The predicted octanol–water partition coefficient (Wildman–Crippen LogP) is 3.90. The summed E-state index contributed by atoms with van der Waals surface area (Å²) >= 11 is 0. The zero-order valence-corrected chi connectivity index (χ0v) is 18.0. The third kappa shape index (κ3) is 6.38. The summed E-state index contributed by atoms with van der Waals surface area (Å²) in [6.45, 7) is 6.64. The number of benzene rings is 1. The predicted molar refractivity (Wildman–Crippen MR) is 112 cm³/mol. The average Bonchev–Trinajstić information content (AvgIpc) is 2.72. The topological polar surface area (TPSA) is 92.1 Å². The second-order valence-electron chi connectivity index (χ2n) is 8.66. The smallest absolute Gasteiger partial charge is 0.410 e. The van der Waals surface area contributed by atoms with Crippen molar-refractivity contribution in [1.29, 1.82) is 0 Å². The van der Waals surface area contributed by atoms with E-state index >= 15 is 0 Å². The summed E-state index contributed by atoms with van der Waals surface area (Å²) in [6.07, 6.45) is -0.442. The highest BCUT2D eigenvalue weighted by molar-refractivity contribution is 5.68. The standard InChI is InChI=1S/C23H29FN2O5/c1-23(2,3)31-22(29)26-11-9-15(10-12-26)19-5-4-6-20(25-19)30-14-17-13-16(21(27)28)7-8-18(17)24/h4-8,13,15,21,27-28H,9-12,14H2,1-3H3. The Hall–Kier alpha value is -2.71. The maximum absolute atomic E-state index is 14.0. The van der Waals surface area contributed by atoms with Gasteiger partial charge in [-0.2, -0.15) is 0 Å². The molecule has 0 radical (unpaired) electrons. The van der Waals surface area contributed by atoms with Gasteiger partial charge in [0.2, 0.25) is 5.88 Å². The number of aliphatic hydroxyl groups is 2. The number of halogens is 1. The van der Waals surface area contributed by atoms with Gasteiger partial charge in [0.25, 0.3) is 0 Å². The fraction of sp³-hybridized carbons (Fsp3) is 0.478. The van der Waals surface area contributed by atoms with Gasteiger partial charge in [-0.25, -0.2) is 14.2 Å². The molecule has 0 unspecified atom stereocenters. The van der Waals surface area contributed by atoms with Crippen molar-refractivity contribution in [3.05, 3.63) is 59.0 Å². The molecule has 2 N–H and O–H groups in total. The lowest BCUT2D eigenvalue weighted by atomic mass is 9.93. The van der Waals surface area contributed by atoms with Crippen molar-refractivity contribution in [3.8, 4) is 5.88 Å². The lowest BCUT2D eigenvalue weighted by Crippen LogP contribution is -2.41. The minimum absolute atomic E-state index is 0.0834. The van der Waals surface area contributed by atoms with E-state index in [1.807, 2.05) is 32.9 Å². The van der Waals surface area contributed by atoms with Crippen molar-refractivity contribution >= 4 is 6.09 Å². The fourth-order valence-corrected chi connectivity index (χ4v) is 3.44. The highest BCUT2D eigenvalue weighted by atomic mass is 19.1. The first-order valence-corrected chi connectivity index (χ1v) is 10.3. The third-order valence-corrected chi connectivity index (χ3v) is 5.05. The molecule has 0 aliphatic carbocycles. The first-order chi connectivity index (χ1) is 14.6. The van der Waals surface area contributed by atoms with Crippen LogP contribution in [-0.4, -0.2) is 44.9 Å². The Labute approximate surface area is 181 Å². The quantitative estimate of drug-likeness (QED) is 0.697. The lowest BCUT2D eigenvalue weighted by molar-refractivity contribution is -0.0426. The maximum atomic E-state index is 14.0. The summed E-state index contributed by atoms with van der Waals surface area (Å²) in [5, 5.41) is 18.5. The largest absolute Gasteiger partial charge is 0.473 e. The number of carbonyl (C=O) groups is 1. The third-order valence-electron chi connectivity index (χ3n) is 5.05. The number of amides is 1. The number of piperidine rings is 1. The number of rotatable bonds is 5. The van der Waals surface area contributed by atoms with Crippen molar-refractivity contribution < 1.29 is 28.9 Å². The van der Waals surface area contributed by atoms with Crippen LogP contribution in [0.25, 0.3) is 0 Å². The van der Waals surface area contributed by atoms with Crippen LogP contribution >= 0.6 is 0 Å². The molecule has 7 nitrogen and oxygen atoms in total. The number of likely N-dealkylation sites (tertiary alicyclic amines) is 1. The molecule has 1 aliphatic rings. The lowest BCUT2D eigenvalue weighted by Gasteiger charge is -2.33. The molecule has 1 amide bonds. The van der Waals surface area contributed by atoms with Crippen LogP contribution in [0.3, 0.4) is 0 Å². The zero-order valence-electron chi connectivity index (χ0n) is 18.0. The van der Waals surface area contributed by atoms with Crippen LogP contribution < -0.4 is 4.74 Å². The second kappa shape index (κ2) is 9.62. The number of pyridine rings is 1. The number of carbonyl (C=O) groups excluding carboxylic acids is 1. The van der Waals surface area contributed by atoms with Crippen LogP contribution in [0, 0.1) is 5.82 Å². The summed E-state index contributed by atoms with van der Waals surface area (Å²) in [4.78, 5) is 18.5. The summed E-state index contributed by atoms with van der Waals surface area (Å²) in [6, 6.07) is 9.30. The van der Waals surface area contributed by atoms with E-state index < -0.39 is 17.7 Å². The molecular weight excluding hydrogens is 403 g/mol. The van der Waals surface area contributed by atoms with E-state index in [-0.39, 0.29) is 29.7 Å². The average molecular weight is 432 g/mol. The number of nitrogens with zero attached hydrogens (tertiary/aromatic N) is 2. The van der Waals surface area contributed by atoms with Crippen molar-refractivity contribution in [1.82, 2.24) is 9.88 Å². The minimum atomic E-state index is -1.67. The van der Waals surface area contributed by atoms with Crippen LogP contribution in [0.1, 0.15) is 62.6 Å². The number of ether oxygens (including phenoxy) is 2. The Balaban J connectivity index is 1.59. The minimum Gasteiger partial charge on any atom is -0.473 e. The molecule has 0 bridgehead atoms. The van der Waals surface area contributed by atoms with Crippen LogP contribution in [0.5, 0.6) is 5.88 Å². The SMILES string of the molecule is CC(C)(C)OC(=O)N1CCC(c2cccc(OCc3cc(C(O)O)ccc3F)n2)CC1. The maximum Gasteiger partial charge on any atom is 0.410 e. The van der Waals surface area contributed by atoms with E-state index in [2.05, 4.69) is 4.98 Å². The first-order valence-electron chi connectivity index (χ1n) is 10.3. The zero-order chi connectivity index (χ0) is 22.6. The molecule has 0 spiro atoms. The van der Waals surface area contributed by atoms with Gasteiger partial charge in [-0.05, 0) is 51.8 Å².